The normalized spacial score (nSPS) is 16.2. The lowest BCUT2D eigenvalue weighted by Gasteiger charge is -2.15. The van der Waals surface area contributed by atoms with E-state index in [-0.39, 0.29) is 5.97 Å². The van der Waals surface area contributed by atoms with Crippen LogP contribution in [0.25, 0.3) is 0 Å². The van der Waals surface area contributed by atoms with Gasteiger partial charge in [0.1, 0.15) is 0 Å². The molecule has 0 heterocycles. The smallest absolute Gasteiger partial charge is 0.333 e. The standard InChI is InChI=1S/C6H13N.C6H10O2/c7-6-4-2-1-3-5-6;1-4-8-6(7)5(2)3/h6H,1-5,7H2;2,4H2,1,3H3. The van der Waals surface area contributed by atoms with Crippen molar-refractivity contribution in [2.75, 3.05) is 6.61 Å². The lowest BCUT2D eigenvalue weighted by atomic mass is 9.97. The summed E-state index contributed by atoms with van der Waals surface area (Å²) in [5, 5.41) is 0. The molecular formula is C12H23NO2. The number of carbonyl (C=O) groups excluding carboxylic acids is 1. The van der Waals surface area contributed by atoms with Crippen molar-refractivity contribution in [2.45, 2.75) is 52.0 Å². The van der Waals surface area contributed by atoms with Crippen LogP contribution < -0.4 is 5.73 Å². The summed E-state index contributed by atoms with van der Waals surface area (Å²) < 4.78 is 4.56. The summed E-state index contributed by atoms with van der Waals surface area (Å²) in [6.07, 6.45) is 6.66. The van der Waals surface area contributed by atoms with Crippen molar-refractivity contribution in [3.8, 4) is 0 Å². The third kappa shape index (κ3) is 8.18. The minimum Gasteiger partial charge on any atom is -0.463 e. The van der Waals surface area contributed by atoms with E-state index in [9.17, 15) is 4.79 Å². The number of ether oxygens (including phenoxy) is 1. The van der Waals surface area contributed by atoms with Gasteiger partial charge in [-0.3, -0.25) is 0 Å². The van der Waals surface area contributed by atoms with Gasteiger partial charge >= 0.3 is 5.97 Å². The Morgan fingerprint density at radius 3 is 2.13 bits per heavy atom. The molecule has 88 valence electrons. The first-order valence-electron chi connectivity index (χ1n) is 5.66. The van der Waals surface area contributed by atoms with Gasteiger partial charge in [-0.15, -0.1) is 0 Å². The minimum absolute atomic E-state index is 0.312. The number of hydrogen-bond acceptors (Lipinski definition) is 3. The predicted octanol–water partition coefficient (Wildman–Crippen LogP) is 2.40. The van der Waals surface area contributed by atoms with Crippen LogP contribution in [0, 0.1) is 0 Å². The zero-order valence-electron chi connectivity index (χ0n) is 9.92. The quantitative estimate of drug-likeness (QED) is 0.566. The van der Waals surface area contributed by atoms with E-state index in [0.717, 1.165) is 0 Å². The minimum atomic E-state index is -0.312. The second-order valence-electron chi connectivity index (χ2n) is 3.90. The van der Waals surface area contributed by atoms with Crippen LogP contribution in [-0.4, -0.2) is 18.6 Å². The lowest BCUT2D eigenvalue weighted by Crippen LogP contribution is -2.22. The first-order chi connectivity index (χ1) is 7.07. The maximum absolute atomic E-state index is 10.4. The van der Waals surface area contributed by atoms with E-state index in [1.807, 2.05) is 0 Å². The molecule has 1 saturated carbocycles. The summed E-state index contributed by atoms with van der Waals surface area (Å²) in [5.74, 6) is -0.312. The van der Waals surface area contributed by atoms with Gasteiger partial charge in [-0.25, -0.2) is 4.79 Å². The molecule has 0 aromatic rings. The fraction of sp³-hybridized carbons (Fsp3) is 0.750. The van der Waals surface area contributed by atoms with Crippen LogP contribution in [-0.2, 0) is 9.53 Å². The molecule has 3 heteroatoms. The van der Waals surface area contributed by atoms with E-state index in [4.69, 9.17) is 5.73 Å². The highest BCUT2D eigenvalue weighted by Crippen LogP contribution is 2.14. The Morgan fingerprint density at radius 2 is 1.93 bits per heavy atom. The SMILES string of the molecule is C=C(C)C(=O)OCC.NC1CCCCC1. The van der Waals surface area contributed by atoms with Gasteiger partial charge in [0.2, 0.25) is 0 Å². The zero-order chi connectivity index (χ0) is 11.7. The van der Waals surface area contributed by atoms with Crippen molar-refractivity contribution in [3.63, 3.8) is 0 Å². The molecule has 0 saturated heterocycles. The van der Waals surface area contributed by atoms with Crippen molar-refractivity contribution >= 4 is 5.97 Å². The molecule has 0 aliphatic heterocycles. The number of nitrogens with two attached hydrogens (primary N) is 1. The van der Waals surface area contributed by atoms with Gasteiger partial charge in [-0.2, -0.15) is 0 Å². The third-order valence-corrected chi connectivity index (χ3v) is 2.27. The van der Waals surface area contributed by atoms with Gasteiger partial charge in [-0.05, 0) is 26.7 Å². The third-order valence-electron chi connectivity index (χ3n) is 2.27. The number of hydrogen-bond donors (Lipinski definition) is 1. The first-order valence-corrected chi connectivity index (χ1v) is 5.66. The Labute approximate surface area is 92.7 Å². The summed E-state index contributed by atoms with van der Waals surface area (Å²) in [6.45, 7) is 7.21. The second-order valence-corrected chi connectivity index (χ2v) is 3.90. The van der Waals surface area contributed by atoms with Gasteiger partial charge < -0.3 is 10.5 Å². The molecule has 3 nitrogen and oxygen atoms in total. The molecular weight excluding hydrogens is 190 g/mol. The topological polar surface area (TPSA) is 52.3 Å². The van der Waals surface area contributed by atoms with E-state index in [0.29, 0.717) is 18.2 Å². The van der Waals surface area contributed by atoms with Crippen molar-refractivity contribution in [1.29, 1.82) is 0 Å². The highest BCUT2D eigenvalue weighted by Gasteiger charge is 2.06. The second kappa shape index (κ2) is 8.48. The molecule has 0 spiro atoms. The van der Waals surface area contributed by atoms with E-state index < -0.39 is 0 Å². The van der Waals surface area contributed by atoms with Crippen LogP contribution in [0.4, 0.5) is 0 Å². The Bertz CT molecular complexity index is 196. The molecule has 15 heavy (non-hydrogen) atoms. The van der Waals surface area contributed by atoms with Gasteiger partial charge in [0.05, 0.1) is 6.61 Å². The zero-order valence-corrected chi connectivity index (χ0v) is 9.92. The van der Waals surface area contributed by atoms with E-state index in [1.54, 1.807) is 13.8 Å². The summed E-state index contributed by atoms with van der Waals surface area (Å²) >= 11 is 0. The molecule has 0 unspecified atom stereocenters. The molecule has 1 aliphatic carbocycles. The Kier molecular flexibility index (Phi) is 8.01. The summed E-state index contributed by atoms with van der Waals surface area (Å²) in [5.41, 5.74) is 6.09. The van der Waals surface area contributed by atoms with Crippen LogP contribution >= 0.6 is 0 Å². The number of carbonyl (C=O) groups is 1. The van der Waals surface area contributed by atoms with Crippen molar-refractivity contribution < 1.29 is 9.53 Å². The molecule has 0 aromatic heterocycles. The van der Waals surface area contributed by atoms with Gasteiger partial charge in [0.15, 0.2) is 0 Å². The average molecular weight is 213 g/mol. The van der Waals surface area contributed by atoms with E-state index in [1.165, 1.54) is 32.1 Å². The highest BCUT2D eigenvalue weighted by atomic mass is 16.5. The molecule has 2 N–H and O–H groups in total. The number of esters is 1. The van der Waals surface area contributed by atoms with Crippen molar-refractivity contribution in [3.05, 3.63) is 12.2 Å². The van der Waals surface area contributed by atoms with Crippen LogP contribution in [0.15, 0.2) is 12.2 Å². The molecule has 0 amide bonds. The fourth-order valence-corrected chi connectivity index (χ4v) is 1.39. The fourth-order valence-electron chi connectivity index (χ4n) is 1.39. The molecule has 0 atom stereocenters. The molecule has 0 radical (unpaired) electrons. The Morgan fingerprint density at radius 1 is 1.40 bits per heavy atom. The lowest BCUT2D eigenvalue weighted by molar-refractivity contribution is -0.138. The van der Waals surface area contributed by atoms with Crippen molar-refractivity contribution in [2.24, 2.45) is 5.73 Å². The van der Waals surface area contributed by atoms with Gasteiger partial charge in [0.25, 0.3) is 0 Å². The van der Waals surface area contributed by atoms with Crippen LogP contribution in [0.2, 0.25) is 0 Å². The predicted molar refractivity (Wildman–Crippen MR) is 62.5 cm³/mol. The van der Waals surface area contributed by atoms with Crippen LogP contribution in [0.5, 0.6) is 0 Å². The molecule has 1 rings (SSSR count). The summed E-state index contributed by atoms with van der Waals surface area (Å²) in [4.78, 5) is 10.4. The molecule has 1 fully saturated rings. The van der Waals surface area contributed by atoms with Crippen molar-refractivity contribution in [1.82, 2.24) is 0 Å². The molecule has 0 aromatic carbocycles. The maximum Gasteiger partial charge on any atom is 0.333 e. The van der Waals surface area contributed by atoms with Gasteiger partial charge in [-0.1, -0.05) is 25.8 Å². The van der Waals surface area contributed by atoms with Gasteiger partial charge in [0, 0.05) is 11.6 Å². The largest absolute Gasteiger partial charge is 0.463 e. The summed E-state index contributed by atoms with van der Waals surface area (Å²) in [7, 11) is 0. The summed E-state index contributed by atoms with van der Waals surface area (Å²) in [6, 6.07) is 0.536. The monoisotopic (exact) mass is 213 g/mol. The van der Waals surface area contributed by atoms with E-state index >= 15 is 0 Å². The molecule has 0 bridgehead atoms. The highest BCUT2D eigenvalue weighted by molar-refractivity contribution is 5.86. The van der Waals surface area contributed by atoms with Crippen LogP contribution in [0.1, 0.15) is 46.0 Å². The Hall–Kier alpha value is -0.830. The van der Waals surface area contributed by atoms with Crippen LogP contribution in [0.3, 0.4) is 0 Å². The van der Waals surface area contributed by atoms with E-state index in [2.05, 4.69) is 11.3 Å². The first kappa shape index (κ1) is 14.2. The Balaban J connectivity index is 0.000000262. The maximum atomic E-state index is 10.4. The number of rotatable bonds is 2. The average Bonchev–Trinajstić information content (AvgIpc) is 2.20. The molecule has 1 aliphatic rings.